The van der Waals surface area contributed by atoms with Crippen LogP contribution < -0.4 is 15.5 Å². The zero-order valence-electron chi connectivity index (χ0n) is 21.6. The van der Waals surface area contributed by atoms with E-state index in [1.54, 1.807) is 42.7 Å². The first kappa shape index (κ1) is 26.4. The van der Waals surface area contributed by atoms with Crippen molar-refractivity contribution in [1.82, 2.24) is 10.3 Å². The van der Waals surface area contributed by atoms with Crippen molar-refractivity contribution in [1.29, 1.82) is 0 Å². The van der Waals surface area contributed by atoms with Crippen LogP contribution in [0.25, 0.3) is 0 Å². The number of piperidine rings is 1. The van der Waals surface area contributed by atoms with E-state index in [9.17, 15) is 9.59 Å². The summed E-state index contributed by atoms with van der Waals surface area (Å²) in [4.78, 5) is 32.7. The van der Waals surface area contributed by atoms with E-state index in [1.165, 1.54) is 5.56 Å². The van der Waals surface area contributed by atoms with E-state index in [2.05, 4.69) is 44.8 Å². The summed E-state index contributed by atoms with van der Waals surface area (Å²) in [6.45, 7) is 2.10. The molecule has 0 radical (unpaired) electrons. The average molecular weight is 539 g/mol. The average Bonchev–Trinajstić information content (AvgIpc) is 2.97. The molecule has 2 heterocycles. The van der Waals surface area contributed by atoms with E-state index in [0.717, 1.165) is 43.6 Å². The number of carbonyl (C=O) groups is 2. The number of amides is 2. The van der Waals surface area contributed by atoms with Crippen LogP contribution in [0.3, 0.4) is 0 Å². The monoisotopic (exact) mass is 538 g/mol. The molecule has 0 unspecified atom stereocenters. The summed E-state index contributed by atoms with van der Waals surface area (Å²) >= 11 is 6.06. The number of hydrogen-bond donors (Lipinski definition) is 2. The summed E-state index contributed by atoms with van der Waals surface area (Å²) in [6, 6.07) is 26.7. The van der Waals surface area contributed by atoms with Crippen LogP contribution in [-0.4, -0.2) is 29.9 Å². The van der Waals surface area contributed by atoms with Crippen molar-refractivity contribution >= 4 is 34.8 Å². The first-order chi connectivity index (χ1) is 19.0. The van der Waals surface area contributed by atoms with Gasteiger partial charge in [0.15, 0.2) is 0 Å². The van der Waals surface area contributed by atoms with E-state index in [0.29, 0.717) is 34.3 Å². The molecule has 198 valence electrons. The third-order valence-electron chi connectivity index (χ3n) is 7.08. The predicted molar refractivity (Wildman–Crippen MR) is 156 cm³/mol. The topological polar surface area (TPSA) is 74.3 Å². The van der Waals surface area contributed by atoms with Gasteiger partial charge in [0, 0.05) is 54.0 Å². The molecule has 0 atom stereocenters. The molecule has 2 N–H and O–H groups in total. The lowest BCUT2D eigenvalue weighted by molar-refractivity contribution is 0.0950. The highest BCUT2D eigenvalue weighted by Gasteiger charge is 2.24. The summed E-state index contributed by atoms with van der Waals surface area (Å²) in [5.74, 6) is 0.135. The molecule has 3 aromatic carbocycles. The van der Waals surface area contributed by atoms with Gasteiger partial charge in [-0.1, -0.05) is 54.1 Å². The van der Waals surface area contributed by atoms with Crippen LogP contribution in [-0.2, 0) is 13.0 Å². The third kappa shape index (κ3) is 7.03. The van der Waals surface area contributed by atoms with E-state index in [-0.39, 0.29) is 11.8 Å². The minimum Gasteiger partial charge on any atom is -0.371 e. The summed E-state index contributed by atoms with van der Waals surface area (Å²) < 4.78 is 0. The standard InChI is InChI=1S/C32H31ClN4O2/c33-27-10-4-9-26(19-27)31(38)36-28-11-12-30(29(20-28)32(39)35-22-25-8-5-15-34-21-25)37-16-13-24(14-17-37)18-23-6-2-1-3-7-23/h1-12,15,19-21,24H,13-14,16-18,22H2,(H,35,39)(H,36,38). The highest BCUT2D eigenvalue weighted by Crippen LogP contribution is 2.30. The number of pyridine rings is 1. The van der Waals surface area contributed by atoms with Crippen molar-refractivity contribution < 1.29 is 9.59 Å². The van der Waals surface area contributed by atoms with Gasteiger partial charge in [0.05, 0.1) is 5.56 Å². The molecule has 1 fully saturated rings. The van der Waals surface area contributed by atoms with Gasteiger partial charge in [0.2, 0.25) is 0 Å². The highest BCUT2D eigenvalue weighted by molar-refractivity contribution is 6.31. The van der Waals surface area contributed by atoms with Crippen LogP contribution in [0.1, 0.15) is 44.7 Å². The molecule has 1 aromatic heterocycles. The Labute approximate surface area is 234 Å². The number of hydrogen-bond acceptors (Lipinski definition) is 4. The second kappa shape index (κ2) is 12.6. The number of aromatic nitrogens is 1. The summed E-state index contributed by atoms with van der Waals surface area (Å²) in [5.41, 5.74) is 4.69. The van der Waals surface area contributed by atoms with Crippen LogP contribution in [0.15, 0.2) is 97.3 Å². The van der Waals surface area contributed by atoms with Crippen molar-refractivity contribution in [2.45, 2.75) is 25.8 Å². The Morgan fingerprint density at radius 2 is 1.67 bits per heavy atom. The molecule has 7 heteroatoms. The van der Waals surface area contributed by atoms with Crippen LogP contribution in [0.4, 0.5) is 11.4 Å². The number of rotatable bonds is 8. The van der Waals surface area contributed by atoms with Gasteiger partial charge in [0.25, 0.3) is 11.8 Å². The summed E-state index contributed by atoms with van der Waals surface area (Å²) in [5, 5.41) is 6.42. The van der Waals surface area contributed by atoms with Gasteiger partial charge < -0.3 is 15.5 Å². The Kier molecular flexibility index (Phi) is 8.54. The van der Waals surface area contributed by atoms with Crippen LogP contribution >= 0.6 is 11.6 Å². The molecular formula is C32H31ClN4O2. The molecule has 0 spiro atoms. The first-order valence-corrected chi connectivity index (χ1v) is 13.6. The molecule has 5 rings (SSSR count). The molecule has 1 aliphatic rings. The van der Waals surface area contributed by atoms with E-state index in [4.69, 9.17) is 11.6 Å². The molecule has 2 amide bonds. The molecule has 0 aliphatic carbocycles. The number of halogens is 1. The van der Waals surface area contributed by atoms with Crippen molar-refractivity contribution in [3.05, 3.63) is 125 Å². The quantitative estimate of drug-likeness (QED) is 0.273. The maximum Gasteiger partial charge on any atom is 0.255 e. The largest absolute Gasteiger partial charge is 0.371 e. The summed E-state index contributed by atoms with van der Waals surface area (Å²) in [6.07, 6.45) is 6.62. The highest BCUT2D eigenvalue weighted by atomic mass is 35.5. The van der Waals surface area contributed by atoms with E-state index in [1.807, 2.05) is 30.3 Å². The Hall–Kier alpha value is -4.16. The van der Waals surface area contributed by atoms with Gasteiger partial charge in [0.1, 0.15) is 0 Å². The van der Waals surface area contributed by atoms with Crippen molar-refractivity contribution in [3.63, 3.8) is 0 Å². The maximum absolute atomic E-state index is 13.5. The smallest absolute Gasteiger partial charge is 0.255 e. The zero-order valence-corrected chi connectivity index (χ0v) is 22.4. The lowest BCUT2D eigenvalue weighted by Gasteiger charge is -2.35. The molecule has 4 aromatic rings. The lowest BCUT2D eigenvalue weighted by Crippen LogP contribution is -2.36. The fraction of sp³-hybridized carbons (Fsp3) is 0.219. The van der Waals surface area contributed by atoms with Crippen LogP contribution in [0.5, 0.6) is 0 Å². The second-order valence-electron chi connectivity index (χ2n) is 9.86. The Morgan fingerprint density at radius 3 is 2.41 bits per heavy atom. The van der Waals surface area contributed by atoms with Gasteiger partial charge in [-0.2, -0.15) is 0 Å². The predicted octanol–water partition coefficient (Wildman–Crippen LogP) is 6.38. The van der Waals surface area contributed by atoms with Crippen molar-refractivity contribution in [2.24, 2.45) is 5.92 Å². The Balaban J connectivity index is 1.33. The van der Waals surface area contributed by atoms with E-state index >= 15 is 0 Å². The van der Waals surface area contributed by atoms with Crippen molar-refractivity contribution in [2.75, 3.05) is 23.3 Å². The zero-order chi connectivity index (χ0) is 27.0. The lowest BCUT2D eigenvalue weighted by atomic mass is 9.89. The Bertz CT molecular complexity index is 1420. The minimum absolute atomic E-state index is 0.195. The fourth-order valence-corrected chi connectivity index (χ4v) is 5.20. The molecule has 0 saturated carbocycles. The molecule has 0 bridgehead atoms. The second-order valence-corrected chi connectivity index (χ2v) is 10.3. The van der Waals surface area contributed by atoms with Gasteiger partial charge >= 0.3 is 0 Å². The number of anilines is 2. The molecule has 6 nitrogen and oxygen atoms in total. The maximum atomic E-state index is 13.5. The number of carbonyl (C=O) groups excluding carboxylic acids is 2. The number of nitrogens with zero attached hydrogens (tertiary/aromatic N) is 2. The van der Waals surface area contributed by atoms with Crippen LogP contribution in [0, 0.1) is 5.92 Å². The molecule has 1 saturated heterocycles. The fourth-order valence-electron chi connectivity index (χ4n) is 5.01. The molecule has 1 aliphatic heterocycles. The van der Waals surface area contributed by atoms with Gasteiger partial charge in [-0.15, -0.1) is 0 Å². The van der Waals surface area contributed by atoms with E-state index < -0.39 is 0 Å². The summed E-state index contributed by atoms with van der Waals surface area (Å²) in [7, 11) is 0. The third-order valence-corrected chi connectivity index (χ3v) is 7.32. The Morgan fingerprint density at radius 1 is 0.872 bits per heavy atom. The SMILES string of the molecule is O=C(Nc1ccc(N2CCC(Cc3ccccc3)CC2)c(C(=O)NCc2cccnc2)c1)c1cccc(Cl)c1. The van der Waals surface area contributed by atoms with Crippen molar-refractivity contribution in [3.8, 4) is 0 Å². The molecule has 39 heavy (non-hydrogen) atoms. The first-order valence-electron chi connectivity index (χ1n) is 13.2. The number of nitrogens with one attached hydrogen (secondary N) is 2. The molecular weight excluding hydrogens is 508 g/mol. The van der Waals surface area contributed by atoms with Gasteiger partial charge in [-0.05, 0) is 78.8 Å². The van der Waals surface area contributed by atoms with Gasteiger partial charge in [-0.25, -0.2) is 0 Å². The van der Waals surface area contributed by atoms with Gasteiger partial charge in [-0.3, -0.25) is 14.6 Å². The normalized spacial score (nSPS) is 13.6. The minimum atomic E-state index is -0.284. The number of benzene rings is 3. The van der Waals surface area contributed by atoms with Crippen LogP contribution in [0.2, 0.25) is 5.02 Å².